The van der Waals surface area contributed by atoms with Gasteiger partial charge in [-0.2, -0.15) is 18.3 Å². The number of piperazine rings is 1. The number of rotatable bonds is 3. The molecule has 1 aromatic heterocycles. The van der Waals surface area contributed by atoms with Crippen LogP contribution in [0.2, 0.25) is 0 Å². The van der Waals surface area contributed by atoms with Gasteiger partial charge in [0.2, 0.25) is 5.91 Å². The van der Waals surface area contributed by atoms with Crippen LogP contribution in [-0.4, -0.2) is 58.2 Å². The highest BCUT2D eigenvalue weighted by Crippen LogP contribution is 2.35. The summed E-state index contributed by atoms with van der Waals surface area (Å²) >= 11 is 2.91. The van der Waals surface area contributed by atoms with Gasteiger partial charge in [-0.05, 0) is 29.4 Å². The zero-order valence-electron chi connectivity index (χ0n) is 12.5. The molecule has 1 aromatic rings. The van der Waals surface area contributed by atoms with Gasteiger partial charge in [0.25, 0.3) is 0 Å². The molecule has 1 aliphatic rings. The van der Waals surface area contributed by atoms with Crippen LogP contribution in [0.1, 0.15) is 18.3 Å². The molecule has 1 saturated heterocycles. The SMILES string of the molecule is CCN1CCN(C(=O)Cn2nc(C(F)(F)F)c(Br)c2C)CC1. The zero-order chi connectivity index (χ0) is 16.5. The van der Waals surface area contributed by atoms with Gasteiger partial charge in [0.1, 0.15) is 6.54 Å². The number of carbonyl (C=O) groups excluding carboxylic acids is 1. The highest BCUT2D eigenvalue weighted by Gasteiger charge is 2.38. The van der Waals surface area contributed by atoms with E-state index in [2.05, 4.69) is 32.9 Å². The highest BCUT2D eigenvalue weighted by molar-refractivity contribution is 9.10. The van der Waals surface area contributed by atoms with Crippen molar-refractivity contribution in [2.75, 3.05) is 32.7 Å². The Hall–Kier alpha value is -1.09. The van der Waals surface area contributed by atoms with E-state index in [-0.39, 0.29) is 16.9 Å². The Bertz CT molecular complexity index is 550. The lowest BCUT2D eigenvalue weighted by atomic mass is 10.3. The average molecular weight is 383 g/mol. The second kappa shape index (κ2) is 6.57. The van der Waals surface area contributed by atoms with Crippen LogP contribution in [0.3, 0.4) is 0 Å². The van der Waals surface area contributed by atoms with Crippen LogP contribution in [-0.2, 0) is 17.5 Å². The third kappa shape index (κ3) is 3.62. The van der Waals surface area contributed by atoms with Crippen molar-refractivity contribution < 1.29 is 18.0 Å². The molecule has 0 saturated carbocycles. The number of nitrogens with zero attached hydrogens (tertiary/aromatic N) is 4. The first kappa shape index (κ1) is 17.3. The van der Waals surface area contributed by atoms with E-state index in [1.165, 1.54) is 6.92 Å². The van der Waals surface area contributed by atoms with Gasteiger partial charge in [0, 0.05) is 26.2 Å². The van der Waals surface area contributed by atoms with Gasteiger partial charge < -0.3 is 9.80 Å². The highest BCUT2D eigenvalue weighted by atomic mass is 79.9. The summed E-state index contributed by atoms with van der Waals surface area (Å²) in [7, 11) is 0. The summed E-state index contributed by atoms with van der Waals surface area (Å²) in [5, 5.41) is 3.53. The zero-order valence-corrected chi connectivity index (χ0v) is 14.0. The van der Waals surface area contributed by atoms with E-state index in [1.807, 2.05) is 0 Å². The van der Waals surface area contributed by atoms with E-state index in [0.29, 0.717) is 18.8 Å². The van der Waals surface area contributed by atoms with Crippen molar-refractivity contribution in [2.24, 2.45) is 0 Å². The third-order valence-corrected chi connectivity index (χ3v) is 4.81. The lowest BCUT2D eigenvalue weighted by Crippen LogP contribution is -2.49. The topological polar surface area (TPSA) is 41.4 Å². The molecule has 2 rings (SSSR count). The molecule has 5 nitrogen and oxygen atoms in total. The number of likely N-dealkylation sites (N-methyl/N-ethyl adjacent to an activating group) is 1. The van der Waals surface area contributed by atoms with Crippen molar-refractivity contribution in [3.63, 3.8) is 0 Å². The first-order valence-corrected chi connectivity index (χ1v) is 7.83. The summed E-state index contributed by atoms with van der Waals surface area (Å²) in [5.74, 6) is -0.206. The minimum atomic E-state index is -4.54. The van der Waals surface area contributed by atoms with Crippen LogP contribution in [0.4, 0.5) is 13.2 Å². The van der Waals surface area contributed by atoms with Crippen molar-refractivity contribution in [3.05, 3.63) is 15.9 Å². The number of carbonyl (C=O) groups is 1. The van der Waals surface area contributed by atoms with E-state index < -0.39 is 11.9 Å². The molecule has 22 heavy (non-hydrogen) atoms. The standard InChI is InChI=1S/C13H18BrF3N4O/c1-3-19-4-6-20(7-5-19)10(22)8-21-9(2)11(14)12(18-21)13(15,16)17/h3-8H2,1-2H3. The predicted molar refractivity (Wildman–Crippen MR) is 78.4 cm³/mol. The molecule has 0 radical (unpaired) electrons. The Morgan fingerprint density at radius 1 is 1.27 bits per heavy atom. The van der Waals surface area contributed by atoms with Crippen LogP contribution in [0, 0.1) is 6.92 Å². The molecule has 0 spiro atoms. The molecule has 0 N–H and O–H groups in total. The van der Waals surface area contributed by atoms with Crippen LogP contribution < -0.4 is 0 Å². The Kier molecular flexibility index (Phi) is 5.16. The molecule has 0 aliphatic carbocycles. The molecular formula is C13H18BrF3N4O. The van der Waals surface area contributed by atoms with Crippen molar-refractivity contribution in [1.29, 1.82) is 0 Å². The average Bonchev–Trinajstić information content (AvgIpc) is 2.75. The summed E-state index contributed by atoms with van der Waals surface area (Å²) in [6, 6.07) is 0. The maximum Gasteiger partial charge on any atom is 0.436 e. The maximum absolute atomic E-state index is 12.8. The van der Waals surface area contributed by atoms with Gasteiger partial charge >= 0.3 is 6.18 Å². The lowest BCUT2D eigenvalue weighted by molar-refractivity contribution is -0.142. The smallest absolute Gasteiger partial charge is 0.339 e. The van der Waals surface area contributed by atoms with Crippen molar-refractivity contribution in [1.82, 2.24) is 19.6 Å². The van der Waals surface area contributed by atoms with E-state index in [0.717, 1.165) is 24.3 Å². The number of halogens is 4. The van der Waals surface area contributed by atoms with Gasteiger partial charge in [-0.1, -0.05) is 6.92 Å². The second-order valence-electron chi connectivity index (χ2n) is 5.22. The Labute approximate surface area is 135 Å². The minimum absolute atomic E-state index is 0.108. The number of amides is 1. The molecule has 0 aromatic carbocycles. The number of hydrogen-bond donors (Lipinski definition) is 0. The molecule has 124 valence electrons. The molecule has 1 aliphatic heterocycles. The fraction of sp³-hybridized carbons (Fsp3) is 0.692. The fourth-order valence-corrected chi connectivity index (χ4v) is 2.91. The summed E-state index contributed by atoms with van der Waals surface area (Å²) in [5.41, 5.74) is -0.693. The van der Waals surface area contributed by atoms with E-state index in [1.54, 1.807) is 4.90 Å². The molecule has 1 fully saturated rings. The van der Waals surface area contributed by atoms with E-state index in [4.69, 9.17) is 0 Å². The van der Waals surface area contributed by atoms with Gasteiger partial charge in [0.05, 0.1) is 10.2 Å². The van der Waals surface area contributed by atoms with Crippen molar-refractivity contribution >= 4 is 21.8 Å². The van der Waals surface area contributed by atoms with Crippen LogP contribution in [0.25, 0.3) is 0 Å². The molecule has 0 atom stereocenters. The maximum atomic E-state index is 12.8. The van der Waals surface area contributed by atoms with Gasteiger partial charge in [-0.15, -0.1) is 0 Å². The number of hydrogen-bond acceptors (Lipinski definition) is 3. The van der Waals surface area contributed by atoms with E-state index in [9.17, 15) is 18.0 Å². The van der Waals surface area contributed by atoms with Crippen molar-refractivity contribution in [2.45, 2.75) is 26.6 Å². The molecular weight excluding hydrogens is 365 g/mol. The first-order valence-electron chi connectivity index (χ1n) is 7.04. The van der Waals surface area contributed by atoms with Gasteiger partial charge in [0.15, 0.2) is 5.69 Å². The van der Waals surface area contributed by atoms with Crippen molar-refractivity contribution in [3.8, 4) is 0 Å². The minimum Gasteiger partial charge on any atom is -0.339 e. The summed E-state index contributed by atoms with van der Waals surface area (Å²) in [6.45, 7) is 7.10. The fourth-order valence-electron chi connectivity index (χ4n) is 2.40. The summed E-state index contributed by atoms with van der Waals surface area (Å²) in [4.78, 5) is 16.1. The Morgan fingerprint density at radius 3 is 2.32 bits per heavy atom. The largest absolute Gasteiger partial charge is 0.436 e. The van der Waals surface area contributed by atoms with Gasteiger partial charge in [-0.25, -0.2) is 0 Å². The third-order valence-electron chi connectivity index (χ3n) is 3.86. The Morgan fingerprint density at radius 2 is 1.86 bits per heavy atom. The van der Waals surface area contributed by atoms with Crippen LogP contribution in [0.15, 0.2) is 4.47 Å². The first-order chi connectivity index (χ1) is 10.2. The normalized spacial score (nSPS) is 17.1. The predicted octanol–water partition coefficient (Wildman–Crippen LogP) is 2.14. The number of alkyl halides is 3. The van der Waals surface area contributed by atoms with Crippen LogP contribution in [0.5, 0.6) is 0 Å². The number of aromatic nitrogens is 2. The molecule has 1 amide bonds. The molecule has 0 bridgehead atoms. The van der Waals surface area contributed by atoms with Crippen LogP contribution >= 0.6 is 15.9 Å². The summed E-state index contributed by atoms with van der Waals surface area (Å²) < 4.78 is 39.4. The molecule has 2 heterocycles. The quantitative estimate of drug-likeness (QED) is 0.803. The lowest BCUT2D eigenvalue weighted by Gasteiger charge is -2.34. The molecule has 0 unspecified atom stereocenters. The molecule has 9 heteroatoms. The summed E-state index contributed by atoms with van der Waals surface area (Å²) in [6.07, 6.45) is -4.54. The Balaban J connectivity index is 2.07. The van der Waals surface area contributed by atoms with E-state index >= 15 is 0 Å². The van der Waals surface area contributed by atoms with Gasteiger partial charge in [-0.3, -0.25) is 9.48 Å². The second-order valence-corrected chi connectivity index (χ2v) is 6.01. The monoisotopic (exact) mass is 382 g/mol.